The van der Waals surface area contributed by atoms with Gasteiger partial charge in [0.1, 0.15) is 5.15 Å². The van der Waals surface area contributed by atoms with Crippen molar-refractivity contribution < 1.29 is 14.3 Å². The van der Waals surface area contributed by atoms with E-state index in [0.29, 0.717) is 47.6 Å². The fourth-order valence-electron chi connectivity index (χ4n) is 4.45. The Bertz CT molecular complexity index is 1470. The van der Waals surface area contributed by atoms with Crippen molar-refractivity contribution in [2.24, 2.45) is 7.05 Å². The van der Waals surface area contributed by atoms with Crippen LogP contribution in [0.15, 0.2) is 60.8 Å². The van der Waals surface area contributed by atoms with E-state index in [2.05, 4.69) is 15.1 Å². The zero-order chi connectivity index (χ0) is 26.8. The molecule has 9 nitrogen and oxygen atoms in total. The van der Waals surface area contributed by atoms with Crippen LogP contribution in [0.5, 0.6) is 0 Å². The van der Waals surface area contributed by atoms with Crippen LogP contribution in [0.25, 0.3) is 16.9 Å². The van der Waals surface area contributed by atoms with Crippen molar-refractivity contribution in [1.29, 1.82) is 0 Å². The Morgan fingerprint density at radius 1 is 1.00 bits per heavy atom. The molecule has 0 bridgehead atoms. The number of aryl methyl sites for hydroxylation is 1. The number of piperazine rings is 1. The molecule has 0 aliphatic carbocycles. The number of esters is 1. The molecular weight excluding hydrogens is 527 g/mol. The lowest BCUT2D eigenvalue weighted by atomic mass is 10.1. The third kappa shape index (κ3) is 4.99. The normalized spacial score (nSPS) is 13.6. The molecule has 1 saturated heterocycles. The second kappa shape index (κ2) is 10.9. The summed E-state index contributed by atoms with van der Waals surface area (Å²) < 4.78 is 8.31. The highest BCUT2D eigenvalue weighted by Gasteiger charge is 2.26. The molecular formula is C27H26Cl2N6O3. The lowest BCUT2D eigenvalue weighted by Gasteiger charge is -2.36. The van der Waals surface area contributed by atoms with Crippen molar-refractivity contribution in [3.63, 3.8) is 0 Å². The molecule has 4 aromatic rings. The number of aromatic nitrogens is 4. The summed E-state index contributed by atoms with van der Waals surface area (Å²) in [6, 6.07) is 17.1. The van der Waals surface area contributed by atoms with Crippen LogP contribution >= 0.6 is 23.2 Å². The van der Waals surface area contributed by atoms with Gasteiger partial charge in [-0.2, -0.15) is 10.2 Å². The number of para-hydroxylation sites is 1. The van der Waals surface area contributed by atoms with Crippen LogP contribution in [0, 0.1) is 0 Å². The SMILES string of the molecule is CCOC(=O)c1cc(-c2ccc(N3CCN(C(=O)c4cnn(C)c4Cl)CC3)cc2)n(-c2ccccc2Cl)n1. The van der Waals surface area contributed by atoms with Gasteiger partial charge in [-0.3, -0.25) is 9.48 Å². The molecule has 1 aliphatic heterocycles. The first-order valence-corrected chi connectivity index (χ1v) is 13.0. The molecule has 196 valence electrons. The Kier molecular flexibility index (Phi) is 7.40. The molecule has 5 rings (SSSR count). The minimum absolute atomic E-state index is 0.108. The summed E-state index contributed by atoms with van der Waals surface area (Å²) in [6.07, 6.45) is 1.51. The third-order valence-electron chi connectivity index (χ3n) is 6.47. The summed E-state index contributed by atoms with van der Waals surface area (Å²) in [4.78, 5) is 29.3. The van der Waals surface area contributed by atoms with E-state index in [-0.39, 0.29) is 18.2 Å². The zero-order valence-corrected chi connectivity index (χ0v) is 22.5. The molecule has 0 atom stereocenters. The number of amides is 1. The summed E-state index contributed by atoms with van der Waals surface area (Å²) in [5.41, 5.74) is 3.92. The van der Waals surface area contributed by atoms with Gasteiger partial charge in [0.15, 0.2) is 5.69 Å². The Balaban J connectivity index is 1.35. The largest absolute Gasteiger partial charge is 0.461 e. The quantitative estimate of drug-likeness (QED) is 0.322. The molecule has 2 aromatic heterocycles. The minimum atomic E-state index is -0.490. The van der Waals surface area contributed by atoms with Crippen LogP contribution in [-0.2, 0) is 11.8 Å². The highest BCUT2D eigenvalue weighted by atomic mass is 35.5. The van der Waals surface area contributed by atoms with Crippen LogP contribution in [0.2, 0.25) is 10.2 Å². The summed E-state index contributed by atoms with van der Waals surface area (Å²) >= 11 is 12.7. The van der Waals surface area contributed by atoms with Gasteiger partial charge in [0.05, 0.1) is 34.8 Å². The predicted octanol–water partition coefficient (Wildman–Crippen LogP) is 4.72. The highest BCUT2D eigenvalue weighted by Crippen LogP contribution is 2.30. The maximum Gasteiger partial charge on any atom is 0.358 e. The van der Waals surface area contributed by atoms with Gasteiger partial charge < -0.3 is 14.5 Å². The van der Waals surface area contributed by atoms with E-state index in [9.17, 15) is 9.59 Å². The molecule has 0 N–H and O–H groups in total. The van der Waals surface area contributed by atoms with Gasteiger partial charge >= 0.3 is 5.97 Å². The van der Waals surface area contributed by atoms with E-state index >= 15 is 0 Å². The van der Waals surface area contributed by atoms with E-state index < -0.39 is 5.97 Å². The molecule has 3 heterocycles. The summed E-state index contributed by atoms with van der Waals surface area (Å²) in [7, 11) is 1.71. The van der Waals surface area contributed by atoms with Crippen LogP contribution in [0.3, 0.4) is 0 Å². The van der Waals surface area contributed by atoms with Crippen LogP contribution in [-0.4, -0.2) is 69.1 Å². The molecule has 1 aliphatic rings. The Morgan fingerprint density at radius 2 is 1.71 bits per heavy atom. The van der Waals surface area contributed by atoms with E-state index in [0.717, 1.165) is 16.9 Å². The molecule has 0 radical (unpaired) electrons. The number of ether oxygens (including phenoxy) is 1. The van der Waals surface area contributed by atoms with Crippen molar-refractivity contribution in [3.8, 4) is 16.9 Å². The second-order valence-electron chi connectivity index (χ2n) is 8.80. The molecule has 0 unspecified atom stereocenters. The van der Waals surface area contributed by atoms with Gasteiger partial charge in [0, 0.05) is 44.5 Å². The number of benzene rings is 2. The van der Waals surface area contributed by atoms with E-state index in [1.807, 2.05) is 42.5 Å². The van der Waals surface area contributed by atoms with E-state index in [1.165, 1.54) is 10.9 Å². The Morgan fingerprint density at radius 3 is 2.34 bits per heavy atom. The number of nitrogens with zero attached hydrogens (tertiary/aromatic N) is 6. The molecule has 0 spiro atoms. The van der Waals surface area contributed by atoms with Crippen molar-refractivity contribution in [2.75, 3.05) is 37.7 Å². The topological polar surface area (TPSA) is 85.5 Å². The monoisotopic (exact) mass is 552 g/mol. The first-order valence-electron chi connectivity index (χ1n) is 12.2. The Hall–Kier alpha value is -3.82. The lowest BCUT2D eigenvalue weighted by Crippen LogP contribution is -2.48. The van der Waals surface area contributed by atoms with Gasteiger partial charge in [0.2, 0.25) is 0 Å². The average Bonchev–Trinajstić information content (AvgIpc) is 3.53. The van der Waals surface area contributed by atoms with Crippen LogP contribution in [0.1, 0.15) is 27.8 Å². The number of hydrogen-bond acceptors (Lipinski definition) is 6. The lowest BCUT2D eigenvalue weighted by molar-refractivity contribution is 0.0518. The predicted molar refractivity (Wildman–Crippen MR) is 146 cm³/mol. The van der Waals surface area contributed by atoms with Crippen LogP contribution < -0.4 is 4.90 Å². The first-order chi connectivity index (χ1) is 18.4. The van der Waals surface area contributed by atoms with Gasteiger partial charge in [-0.15, -0.1) is 0 Å². The molecule has 1 amide bonds. The molecule has 11 heteroatoms. The molecule has 0 saturated carbocycles. The zero-order valence-electron chi connectivity index (χ0n) is 21.0. The van der Waals surface area contributed by atoms with E-state index in [4.69, 9.17) is 27.9 Å². The van der Waals surface area contributed by atoms with Gasteiger partial charge in [-0.25, -0.2) is 9.48 Å². The second-order valence-corrected chi connectivity index (χ2v) is 9.56. The average molecular weight is 553 g/mol. The van der Waals surface area contributed by atoms with Crippen molar-refractivity contribution in [3.05, 3.63) is 82.2 Å². The minimum Gasteiger partial charge on any atom is -0.461 e. The molecule has 1 fully saturated rings. The van der Waals surface area contributed by atoms with Crippen molar-refractivity contribution >= 4 is 40.8 Å². The van der Waals surface area contributed by atoms with Crippen LogP contribution in [0.4, 0.5) is 5.69 Å². The fraction of sp³-hybridized carbons (Fsp3) is 0.259. The smallest absolute Gasteiger partial charge is 0.358 e. The number of halogens is 2. The van der Waals surface area contributed by atoms with Gasteiger partial charge in [-0.05, 0) is 37.3 Å². The number of carbonyl (C=O) groups is 2. The standard InChI is InChI=1S/C27H26Cl2N6O3/c1-3-38-27(37)22-16-24(35(31-22)23-7-5-4-6-21(23)28)18-8-10-19(11-9-18)33-12-14-34(15-13-33)26(36)20-17-30-32(2)25(20)29/h4-11,16-17H,3,12-15H2,1-2H3. The number of hydrogen-bond donors (Lipinski definition) is 0. The summed E-state index contributed by atoms with van der Waals surface area (Å²) in [6.45, 7) is 4.55. The highest BCUT2D eigenvalue weighted by molar-refractivity contribution is 6.33. The van der Waals surface area contributed by atoms with Gasteiger partial charge in [-0.1, -0.05) is 47.5 Å². The fourth-order valence-corrected chi connectivity index (χ4v) is 4.83. The van der Waals surface area contributed by atoms with Crippen molar-refractivity contribution in [2.45, 2.75) is 6.92 Å². The van der Waals surface area contributed by atoms with Gasteiger partial charge in [0.25, 0.3) is 5.91 Å². The van der Waals surface area contributed by atoms with E-state index in [1.54, 1.807) is 35.7 Å². The summed E-state index contributed by atoms with van der Waals surface area (Å²) in [5.74, 6) is -0.598. The third-order valence-corrected chi connectivity index (χ3v) is 7.23. The number of carbonyl (C=O) groups excluding carboxylic acids is 2. The maximum absolute atomic E-state index is 12.9. The maximum atomic E-state index is 12.9. The molecule has 38 heavy (non-hydrogen) atoms. The number of rotatable bonds is 6. The van der Waals surface area contributed by atoms with Crippen molar-refractivity contribution in [1.82, 2.24) is 24.5 Å². The summed E-state index contributed by atoms with van der Waals surface area (Å²) in [5, 5.41) is 9.43. The Labute approximate surface area is 230 Å². The first kappa shape index (κ1) is 25.8. The number of anilines is 1. The molecule has 2 aromatic carbocycles.